The number of benzene rings is 1. The first kappa shape index (κ1) is 20.6. The van der Waals surface area contributed by atoms with E-state index in [2.05, 4.69) is 22.0 Å². The van der Waals surface area contributed by atoms with Crippen LogP contribution in [-0.2, 0) is 4.79 Å². The first-order valence-electron chi connectivity index (χ1n) is 8.97. The molecule has 2 N–H and O–H groups in total. The van der Waals surface area contributed by atoms with Crippen molar-refractivity contribution in [1.29, 1.82) is 5.26 Å². The molecule has 0 amide bonds. The molecule has 10 heteroatoms. The molecule has 0 saturated carbocycles. The second-order valence-corrected chi connectivity index (χ2v) is 9.17. The number of allylic oxidation sites excluding steroid dienone is 3. The third kappa shape index (κ3) is 3.31. The molecule has 1 aliphatic heterocycles. The van der Waals surface area contributed by atoms with Gasteiger partial charge in [0.25, 0.3) is 5.69 Å². The number of Topliss-reactive ketones (excluding diaryl/α,β-unsaturated/α-hetero) is 1. The van der Waals surface area contributed by atoms with Gasteiger partial charge in [-0.1, -0.05) is 11.6 Å². The molecule has 0 radical (unpaired) electrons. The highest BCUT2D eigenvalue weighted by atomic mass is 79.9. The zero-order valence-corrected chi connectivity index (χ0v) is 18.6. The van der Waals surface area contributed by atoms with Crippen LogP contribution in [0.15, 0.2) is 56.8 Å². The van der Waals surface area contributed by atoms with E-state index in [9.17, 15) is 20.2 Å². The summed E-state index contributed by atoms with van der Waals surface area (Å²) >= 11 is 10.8. The topological polar surface area (TPSA) is 113 Å². The first-order valence-corrected chi connectivity index (χ1v) is 11.0. The van der Waals surface area contributed by atoms with Crippen molar-refractivity contribution in [2.75, 3.05) is 4.90 Å². The number of carbonyl (C=O) groups excluding carboxylic acids is 1. The second kappa shape index (κ2) is 7.87. The monoisotopic (exact) mass is 504 g/mol. The molecule has 4 rings (SSSR count). The second-order valence-electron chi connectivity index (χ2n) is 6.87. The summed E-state index contributed by atoms with van der Waals surface area (Å²) in [6.45, 7) is 0. The van der Waals surface area contributed by atoms with Crippen molar-refractivity contribution in [3.63, 3.8) is 0 Å². The molecule has 30 heavy (non-hydrogen) atoms. The van der Waals surface area contributed by atoms with Gasteiger partial charge in [-0.25, -0.2) is 0 Å². The lowest BCUT2D eigenvalue weighted by Crippen LogP contribution is -2.38. The van der Waals surface area contributed by atoms with Gasteiger partial charge in [-0.2, -0.15) is 5.26 Å². The Kier molecular flexibility index (Phi) is 5.40. The number of nitro groups is 1. The molecule has 2 aromatic rings. The van der Waals surface area contributed by atoms with Crippen LogP contribution in [0.25, 0.3) is 0 Å². The molecule has 2 heterocycles. The fourth-order valence-electron chi connectivity index (χ4n) is 3.96. The highest BCUT2D eigenvalue weighted by Gasteiger charge is 2.42. The van der Waals surface area contributed by atoms with Gasteiger partial charge in [0.1, 0.15) is 11.5 Å². The van der Waals surface area contributed by atoms with Crippen molar-refractivity contribution >= 4 is 56.0 Å². The van der Waals surface area contributed by atoms with Crippen LogP contribution in [0.5, 0.6) is 0 Å². The highest BCUT2D eigenvalue weighted by molar-refractivity contribution is 9.10. The van der Waals surface area contributed by atoms with Crippen molar-refractivity contribution in [1.82, 2.24) is 0 Å². The van der Waals surface area contributed by atoms with E-state index in [1.54, 1.807) is 0 Å². The number of nitrogens with zero attached hydrogens (tertiary/aromatic N) is 3. The quantitative estimate of drug-likeness (QED) is 0.443. The largest absolute Gasteiger partial charge is 0.384 e. The first-order chi connectivity index (χ1) is 14.3. The van der Waals surface area contributed by atoms with E-state index in [1.165, 1.54) is 34.4 Å². The molecule has 2 aliphatic rings. The Labute approximate surface area is 189 Å². The fraction of sp³-hybridized carbons (Fsp3) is 0.200. The summed E-state index contributed by atoms with van der Waals surface area (Å²) in [4.78, 5) is 26.5. The van der Waals surface area contributed by atoms with Crippen molar-refractivity contribution < 1.29 is 9.72 Å². The van der Waals surface area contributed by atoms with Gasteiger partial charge >= 0.3 is 0 Å². The number of hydrogen-bond donors (Lipinski definition) is 1. The maximum Gasteiger partial charge on any atom is 0.294 e. The Bertz CT molecular complexity index is 1200. The Morgan fingerprint density at radius 1 is 1.37 bits per heavy atom. The summed E-state index contributed by atoms with van der Waals surface area (Å²) in [7, 11) is 0. The smallest absolute Gasteiger partial charge is 0.294 e. The maximum atomic E-state index is 13.0. The molecule has 0 bridgehead atoms. The molecule has 7 nitrogen and oxygen atoms in total. The number of nitro benzene ring substituents is 1. The lowest BCUT2D eigenvalue weighted by atomic mass is 9.78. The maximum absolute atomic E-state index is 13.0. The summed E-state index contributed by atoms with van der Waals surface area (Å²) < 4.78 is 0.847. The Hall–Kier alpha value is -2.67. The Balaban J connectivity index is 2.01. The number of hydrogen-bond acceptors (Lipinski definition) is 7. The number of carbonyl (C=O) groups is 1. The Morgan fingerprint density at radius 2 is 2.13 bits per heavy atom. The number of rotatable bonds is 3. The molecule has 1 unspecified atom stereocenters. The Morgan fingerprint density at radius 3 is 2.77 bits per heavy atom. The summed E-state index contributed by atoms with van der Waals surface area (Å²) in [5.41, 5.74) is 7.65. The molecule has 1 aliphatic carbocycles. The minimum Gasteiger partial charge on any atom is -0.384 e. The van der Waals surface area contributed by atoms with Gasteiger partial charge in [-0.3, -0.25) is 19.8 Å². The van der Waals surface area contributed by atoms with Crippen molar-refractivity contribution in [2.24, 2.45) is 5.73 Å². The normalized spacial score (nSPS) is 19.0. The number of nitrogens with two attached hydrogens (primary N) is 1. The zero-order chi connectivity index (χ0) is 21.6. The minimum atomic E-state index is -0.586. The third-order valence-corrected chi connectivity index (χ3v) is 7.15. The van der Waals surface area contributed by atoms with Crippen LogP contribution < -0.4 is 10.6 Å². The summed E-state index contributed by atoms with van der Waals surface area (Å²) in [5.74, 6) is -0.574. The predicted octanol–water partition coefficient (Wildman–Crippen LogP) is 5.38. The van der Waals surface area contributed by atoms with Gasteiger partial charge in [0, 0.05) is 43.5 Å². The molecular weight excluding hydrogens is 492 g/mol. The van der Waals surface area contributed by atoms with Gasteiger partial charge < -0.3 is 5.73 Å². The van der Waals surface area contributed by atoms with E-state index < -0.39 is 10.8 Å². The van der Waals surface area contributed by atoms with E-state index in [0.29, 0.717) is 30.5 Å². The molecule has 152 valence electrons. The zero-order valence-electron chi connectivity index (χ0n) is 15.4. The van der Waals surface area contributed by atoms with Gasteiger partial charge in [-0.05, 0) is 47.0 Å². The standard InChI is InChI=1S/C20H14BrClN4O3S/c21-10-6-17(30-9-10)18-12(8-23)20(24)25(14-2-1-3-16(27)19(14)18)13-5-4-11(22)7-15(13)26(28)29/h4-7,9,18H,1-3,24H2. The molecule has 0 spiro atoms. The summed E-state index contributed by atoms with van der Waals surface area (Å²) in [5, 5.41) is 23.7. The summed E-state index contributed by atoms with van der Waals surface area (Å²) in [6, 6.07) is 8.27. The van der Waals surface area contributed by atoms with Crippen LogP contribution in [0.2, 0.25) is 5.02 Å². The van der Waals surface area contributed by atoms with Gasteiger partial charge in [0.2, 0.25) is 0 Å². The minimum absolute atomic E-state index is 0.0763. The predicted molar refractivity (Wildman–Crippen MR) is 118 cm³/mol. The van der Waals surface area contributed by atoms with Crippen LogP contribution in [0.3, 0.4) is 0 Å². The average Bonchev–Trinajstić information content (AvgIpc) is 3.13. The van der Waals surface area contributed by atoms with E-state index in [-0.39, 0.29) is 33.6 Å². The van der Waals surface area contributed by atoms with Crippen LogP contribution in [0, 0.1) is 21.4 Å². The number of nitriles is 1. The highest BCUT2D eigenvalue weighted by Crippen LogP contribution is 2.49. The number of halogens is 2. The van der Waals surface area contributed by atoms with Crippen molar-refractivity contribution in [3.05, 3.63) is 76.8 Å². The third-order valence-electron chi connectivity index (χ3n) is 5.16. The van der Waals surface area contributed by atoms with Crippen LogP contribution in [-0.4, -0.2) is 10.7 Å². The molecular formula is C20H14BrClN4O3S. The lowest BCUT2D eigenvalue weighted by molar-refractivity contribution is -0.384. The molecule has 1 aromatic carbocycles. The number of thiophene rings is 1. The lowest BCUT2D eigenvalue weighted by Gasteiger charge is -2.39. The van der Waals surface area contributed by atoms with Crippen LogP contribution in [0.1, 0.15) is 30.1 Å². The van der Waals surface area contributed by atoms with Crippen molar-refractivity contribution in [3.8, 4) is 6.07 Å². The SMILES string of the molecule is N#CC1=C(N)N(c2ccc(Cl)cc2[N+](=O)[O-])C2=C(C(=O)CCC2)C1c1cc(Br)cs1. The molecule has 1 atom stereocenters. The molecule has 1 aromatic heterocycles. The number of ketones is 1. The average molecular weight is 506 g/mol. The summed E-state index contributed by atoms with van der Waals surface area (Å²) in [6.07, 6.45) is 1.48. The van der Waals surface area contributed by atoms with E-state index in [0.717, 1.165) is 9.35 Å². The van der Waals surface area contributed by atoms with E-state index >= 15 is 0 Å². The molecule has 0 saturated heterocycles. The number of anilines is 1. The van der Waals surface area contributed by atoms with Gasteiger partial charge in [0.15, 0.2) is 5.78 Å². The van der Waals surface area contributed by atoms with E-state index in [4.69, 9.17) is 17.3 Å². The van der Waals surface area contributed by atoms with Crippen LogP contribution >= 0.6 is 38.9 Å². The van der Waals surface area contributed by atoms with E-state index in [1.807, 2.05) is 11.4 Å². The van der Waals surface area contributed by atoms with Crippen LogP contribution in [0.4, 0.5) is 11.4 Å². The molecule has 0 fully saturated rings. The van der Waals surface area contributed by atoms with Gasteiger partial charge in [-0.15, -0.1) is 11.3 Å². The van der Waals surface area contributed by atoms with Gasteiger partial charge in [0.05, 0.1) is 22.5 Å². The fourth-order valence-corrected chi connectivity index (χ4v) is 5.69. The van der Waals surface area contributed by atoms with Crippen molar-refractivity contribution in [2.45, 2.75) is 25.2 Å².